The first-order valence-electron chi connectivity index (χ1n) is 5.91. The molecule has 0 saturated heterocycles. The number of nitrogens with zero attached hydrogens (tertiary/aromatic N) is 2. The van der Waals surface area contributed by atoms with Gasteiger partial charge in [-0.05, 0) is 17.6 Å². The summed E-state index contributed by atoms with van der Waals surface area (Å²) in [5.41, 5.74) is 0.208. The van der Waals surface area contributed by atoms with Crippen LogP contribution >= 0.6 is 0 Å². The molecule has 0 aliphatic carbocycles. The van der Waals surface area contributed by atoms with E-state index in [0.717, 1.165) is 5.69 Å². The third-order valence-electron chi connectivity index (χ3n) is 2.66. The summed E-state index contributed by atoms with van der Waals surface area (Å²) in [6.07, 6.45) is 4.51. The molecule has 6 nitrogen and oxygen atoms in total. The Kier molecular flexibility index (Phi) is 4.47. The number of aliphatic carboxylic acids is 1. The van der Waals surface area contributed by atoms with Gasteiger partial charge in [-0.3, -0.25) is 9.48 Å². The second-order valence-electron chi connectivity index (χ2n) is 5.36. The van der Waals surface area contributed by atoms with E-state index in [1.807, 2.05) is 0 Å². The van der Waals surface area contributed by atoms with Crippen molar-refractivity contribution in [2.24, 2.45) is 12.5 Å². The molecule has 1 atom stereocenters. The first-order chi connectivity index (χ1) is 8.71. The van der Waals surface area contributed by atoms with Gasteiger partial charge >= 0.3 is 5.97 Å². The molecule has 0 unspecified atom stereocenters. The average Bonchev–Trinajstić information content (AvgIpc) is 2.67. The molecule has 0 fully saturated rings. The quantitative estimate of drug-likeness (QED) is 0.797. The van der Waals surface area contributed by atoms with Crippen molar-refractivity contribution in [2.75, 3.05) is 0 Å². The minimum atomic E-state index is -1.05. The SMILES string of the molecule is Cn1nccc1/C=C/C(=O)N[C@H](C(=O)O)C(C)(C)C. The molecule has 19 heavy (non-hydrogen) atoms. The van der Waals surface area contributed by atoms with E-state index in [9.17, 15) is 9.59 Å². The molecular formula is C13H19N3O3. The number of aromatic nitrogens is 2. The Morgan fingerprint density at radius 2 is 2.11 bits per heavy atom. The van der Waals surface area contributed by atoms with Gasteiger partial charge in [-0.1, -0.05) is 20.8 Å². The van der Waals surface area contributed by atoms with Crippen LogP contribution in [0.3, 0.4) is 0 Å². The summed E-state index contributed by atoms with van der Waals surface area (Å²) in [5.74, 6) is -1.49. The standard InChI is InChI=1S/C13H19N3O3/c1-13(2,3)11(12(18)19)15-10(17)6-5-9-7-8-14-16(9)4/h5-8,11H,1-4H3,(H,15,17)(H,18,19)/b6-5+/t11-/m1/s1. The van der Waals surface area contributed by atoms with E-state index in [2.05, 4.69) is 10.4 Å². The molecule has 0 aliphatic rings. The maximum absolute atomic E-state index is 11.7. The Balaban J connectivity index is 2.72. The van der Waals surface area contributed by atoms with Crippen molar-refractivity contribution >= 4 is 18.0 Å². The Morgan fingerprint density at radius 3 is 2.53 bits per heavy atom. The number of amides is 1. The zero-order valence-corrected chi connectivity index (χ0v) is 11.5. The maximum Gasteiger partial charge on any atom is 0.326 e. The highest BCUT2D eigenvalue weighted by molar-refractivity contribution is 5.94. The average molecular weight is 265 g/mol. The van der Waals surface area contributed by atoms with Crippen LogP contribution in [0.4, 0.5) is 0 Å². The van der Waals surface area contributed by atoms with Gasteiger partial charge in [0.15, 0.2) is 0 Å². The highest BCUT2D eigenvalue weighted by Gasteiger charge is 2.31. The Hall–Kier alpha value is -2.11. The lowest BCUT2D eigenvalue weighted by molar-refractivity contribution is -0.144. The van der Waals surface area contributed by atoms with Crippen LogP contribution in [0, 0.1) is 5.41 Å². The van der Waals surface area contributed by atoms with Gasteiger partial charge in [0, 0.05) is 19.3 Å². The summed E-state index contributed by atoms with van der Waals surface area (Å²) in [5, 5.41) is 15.5. The molecule has 104 valence electrons. The van der Waals surface area contributed by atoms with Crippen LogP contribution in [-0.2, 0) is 16.6 Å². The molecule has 1 amide bonds. The predicted molar refractivity (Wildman–Crippen MR) is 71.3 cm³/mol. The summed E-state index contributed by atoms with van der Waals surface area (Å²) < 4.78 is 1.61. The van der Waals surface area contributed by atoms with E-state index in [4.69, 9.17) is 5.11 Å². The van der Waals surface area contributed by atoms with E-state index >= 15 is 0 Å². The third-order valence-corrected chi connectivity index (χ3v) is 2.66. The summed E-state index contributed by atoms with van der Waals surface area (Å²) in [6, 6.07) is 0.818. The largest absolute Gasteiger partial charge is 0.480 e. The van der Waals surface area contributed by atoms with E-state index < -0.39 is 23.3 Å². The van der Waals surface area contributed by atoms with E-state index in [-0.39, 0.29) is 0 Å². The van der Waals surface area contributed by atoms with Gasteiger partial charge < -0.3 is 10.4 Å². The number of carboxylic acids is 1. The van der Waals surface area contributed by atoms with Crippen LogP contribution in [0.15, 0.2) is 18.3 Å². The van der Waals surface area contributed by atoms with Crippen LogP contribution in [0.2, 0.25) is 0 Å². The second kappa shape index (κ2) is 5.69. The number of nitrogens with one attached hydrogen (secondary N) is 1. The van der Waals surface area contributed by atoms with Crippen LogP contribution in [0.1, 0.15) is 26.5 Å². The van der Waals surface area contributed by atoms with Gasteiger partial charge in [0.2, 0.25) is 5.91 Å². The highest BCUT2D eigenvalue weighted by Crippen LogP contribution is 2.19. The summed E-state index contributed by atoms with van der Waals surface area (Å²) in [6.45, 7) is 5.28. The molecule has 1 aromatic rings. The fourth-order valence-corrected chi connectivity index (χ4v) is 1.55. The fraction of sp³-hybridized carbons (Fsp3) is 0.462. The molecule has 0 saturated carbocycles. The van der Waals surface area contributed by atoms with Crippen LogP contribution in [0.25, 0.3) is 6.08 Å². The van der Waals surface area contributed by atoms with E-state index in [1.54, 1.807) is 50.8 Å². The lowest BCUT2D eigenvalue weighted by Gasteiger charge is -2.27. The van der Waals surface area contributed by atoms with Crippen LogP contribution in [-0.4, -0.2) is 32.8 Å². The third kappa shape index (κ3) is 4.24. The number of hydrogen-bond acceptors (Lipinski definition) is 3. The van der Waals surface area contributed by atoms with Crippen molar-refractivity contribution < 1.29 is 14.7 Å². The number of rotatable bonds is 4. The number of hydrogen-bond donors (Lipinski definition) is 2. The predicted octanol–water partition coefficient (Wildman–Crippen LogP) is 1.05. The Morgan fingerprint density at radius 1 is 1.47 bits per heavy atom. The number of aryl methyl sites for hydroxylation is 1. The Labute approximate surface area is 112 Å². The molecule has 1 heterocycles. The molecule has 6 heteroatoms. The van der Waals surface area contributed by atoms with Crippen molar-refractivity contribution in [2.45, 2.75) is 26.8 Å². The number of carbonyl (C=O) groups excluding carboxylic acids is 1. The van der Waals surface area contributed by atoms with Gasteiger partial charge in [-0.15, -0.1) is 0 Å². The molecule has 0 spiro atoms. The topological polar surface area (TPSA) is 84.2 Å². The molecule has 0 bridgehead atoms. The fourth-order valence-electron chi connectivity index (χ4n) is 1.55. The molecule has 2 N–H and O–H groups in total. The first-order valence-corrected chi connectivity index (χ1v) is 5.91. The number of carbonyl (C=O) groups is 2. The minimum Gasteiger partial charge on any atom is -0.480 e. The minimum absolute atomic E-state index is 0.441. The van der Waals surface area contributed by atoms with Gasteiger partial charge in [-0.25, -0.2) is 4.79 Å². The van der Waals surface area contributed by atoms with Crippen molar-refractivity contribution in [3.8, 4) is 0 Å². The summed E-state index contributed by atoms with van der Waals surface area (Å²) in [7, 11) is 1.76. The molecule has 0 aromatic carbocycles. The maximum atomic E-state index is 11.7. The summed E-state index contributed by atoms with van der Waals surface area (Å²) >= 11 is 0. The normalized spacial score (nSPS) is 13.5. The highest BCUT2D eigenvalue weighted by atomic mass is 16.4. The van der Waals surface area contributed by atoms with Gasteiger partial charge in [0.25, 0.3) is 0 Å². The monoisotopic (exact) mass is 265 g/mol. The van der Waals surface area contributed by atoms with Gasteiger partial charge in [0.1, 0.15) is 6.04 Å². The van der Waals surface area contributed by atoms with Gasteiger partial charge in [-0.2, -0.15) is 5.10 Å². The Bertz CT molecular complexity index is 497. The van der Waals surface area contributed by atoms with Crippen molar-refractivity contribution in [3.63, 3.8) is 0 Å². The molecule has 1 aromatic heterocycles. The molecule has 1 rings (SSSR count). The molecular weight excluding hydrogens is 246 g/mol. The van der Waals surface area contributed by atoms with Crippen molar-refractivity contribution in [1.29, 1.82) is 0 Å². The second-order valence-corrected chi connectivity index (χ2v) is 5.36. The van der Waals surface area contributed by atoms with Crippen LogP contribution in [0.5, 0.6) is 0 Å². The first kappa shape index (κ1) is 14.9. The molecule has 0 aliphatic heterocycles. The zero-order chi connectivity index (χ0) is 14.6. The van der Waals surface area contributed by atoms with Crippen molar-refractivity contribution in [3.05, 3.63) is 24.0 Å². The van der Waals surface area contributed by atoms with E-state index in [1.165, 1.54) is 6.08 Å². The zero-order valence-electron chi connectivity index (χ0n) is 11.5. The summed E-state index contributed by atoms with van der Waals surface area (Å²) in [4.78, 5) is 22.8. The lowest BCUT2D eigenvalue weighted by atomic mass is 9.87. The van der Waals surface area contributed by atoms with Gasteiger partial charge in [0.05, 0.1) is 5.69 Å². The smallest absolute Gasteiger partial charge is 0.326 e. The molecule has 0 radical (unpaired) electrons. The van der Waals surface area contributed by atoms with Crippen LogP contribution < -0.4 is 5.32 Å². The lowest BCUT2D eigenvalue weighted by Crippen LogP contribution is -2.48. The van der Waals surface area contributed by atoms with Crippen molar-refractivity contribution in [1.82, 2.24) is 15.1 Å². The number of carboxylic acid groups (broad SMARTS) is 1. The van der Waals surface area contributed by atoms with E-state index in [0.29, 0.717) is 0 Å².